The van der Waals surface area contributed by atoms with Gasteiger partial charge in [-0.15, -0.1) is 0 Å². The fourth-order valence-corrected chi connectivity index (χ4v) is 3.85. The van der Waals surface area contributed by atoms with Gasteiger partial charge in [0.15, 0.2) is 0 Å². The van der Waals surface area contributed by atoms with Crippen molar-refractivity contribution in [2.45, 2.75) is 13.1 Å². The van der Waals surface area contributed by atoms with Gasteiger partial charge in [0.05, 0.1) is 24.5 Å². The van der Waals surface area contributed by atoms with Gasteiger partial charge in [0, 0.05) is 37.8 Å². The summed E-state index contributed by atoms with van der Waals surface area (Å²) in [7, 11) is 0. The van der Waals surface area contributed by atoms with Crippen molar-refractivity contribution in [2.75, 3.05) is 44.6 Å². The minimum absolute atomic E-state index is 0.111. The number of carbonyl (C=O) groups excluding carboxylic acids is 1. The second kappa shape index (κ2) is 9.76. The van der Waals surface area contributed by atoms with Crippen molar-refractivity contribution in [3.63, 3.8) is 0 Å². The van der Waals surface area contributed by atoms with Crippen LogP contribution in [0.5, 0.6) is 0 Å². The molecule has 3 aromatic rings. The van der Waals surface area contributed by atoms with Crippen molar-refractivity contribution in [3.8, 4) is 16.9 Å². The lowest BCUT2D eigenvalue weighted by Crippen LogP contribution is -2.50. The number of benzene rings is 2. The number of nitrogens with one attached hydrogen (secondary N) is 1. The van der Waals surface area contributed by atoms with E-state index in [0.29, 0.717) is 18.9 Å². The molecule has 0 radical (unpaired) electrons. The Morgan fingerprint density at radius 1 is 0.970 bits per heavy atom. The molecule has 0 spiro atoms. The molecule has 1 amide bonds. The van der Waals surface area contributed by atoms with Gasteiger partial charge in [0.1, 0.15) is 5.82 Å². The number of amides is 1. The molecule has 2 aromatic carbocycles. The Labute approximate surface area is 190 Å². The molecule has 1 fully saturated rings. The molecule has 0 saturated carbocycles. The highest BCUT2D eigenvalue weighted by molar-refractivity contribution is 5.92. The maximum Gasteiger partial charge on any atom is 0.401 e. The van der Waals surface area contributed by atoms with Gasteiger partial charge >= 0.3 is 6.18 Å². The lowest BCUT2D eigenvalue weighted by atomic mass is 10.1. The molecule has 1 saturated heterocycles. The van der Waals surface area contributed by atoms with Crippen LogP contribution in [0.2, 0.25) is 0 Å². The first kappa shape index (κ1) is 23.0. The minimum Gasteiger partial charge on any atom is -0.309 e. The summed E-state index contributed by atoms with van der Waals surface area (Å²) in [5.74, 6) is 0.310. The number of halogens is 3. The van der Waals surface area contributed by atoms with E-state index in [4.69, 9.17) is 5.10 Å². The Morgan fingerprint density at radius 2 is 1.61 bits per heavy atom. The smallest absolute Gasteiger partial charge is 0.309 e. The van der Waals surface area contributed by atoms with Crippen molar-refractivity contribution in [1.29, 1.82) is 0 Å². The van der Waals surface area contributed by atoms with Gasteiger partial charge in [0.2, 0.25) is 5.91 Å². The minimum atomic E-state index is -4.20. The summed E-state index contributed by atoms with van der Waals surface area (Å²) in [4.78, 5) is 16.0. The third-order valence-electron chi connectivity index (χ3n) is 5.56. The maximum absolute atomic E-state index is 12.8. The van der Waals surface area contributed by atoms with E-state index in [1.54, 1.807) is 4.68 Å². The van der Waals surface area contributed by atoms with Crippen LogP contribution in [0.25, 0.3) is 16.9 Å². The molecule has 1 aliphatic heterocycles. The Kier molecular flexibility index (Phi) is 6.80. The zero-order chi connectivity index (χ0) is 23.4. The van der Waals surface area contributed by atoms with Crippen molar-refractivity contribution < 1.29 is 18.0 Å². The van der Waals surface area contributed by atoms with E-state index in [9.17, 15) is 18.0 Å². The normalized spacial score (nSPS) is 15.5. The lowest BCUT2D eigenvalue weighted by molar-refractivity contribution is -0.149. The first-order chi connectivity index (χ1) is 15.8. The van der Waals surface area contributed by atoms with Crippen molar-refractivity contribution in [3.05, 3.63) is 66.2 Å². The molecule has 0 bridgehead atoms. The van der Waals surface area contributed by atoms with Crippen LogP contribution >= 0.6 is 0 Å². The average Bonchev–Trinajstić information content (AvgIpc) is 3.19. The van der Waals surface area contributed by atoms with Gasteiger partial charge < -0.3 is 5.32 Å². The molecule has 2 heterocycles. The predicted molar refractivity (Wildman–Crippen MR) is 121 cm³/mol. The number of para-hydroxylation sites is 1. The summed E-state index contributed by atoms with van der Waals surface area (Å²) in [6, 6.07) is 19.3. The largest absolute Gasteiger partial charge is 0.401 e. The summed E-state index contributed by atoms with van der Waals surface area (Å²) in [6.07, 6.45) is -4.20. The fraction of sp³-hybridized carbons (Fsp3) is 0.333. The van der Waals surface area contributed by atoms with Gasteiger partial charge in [-0.1, -0.05) is 48.0 Å². The molecule has 0 unspecified atom stereocenters. The summed E-state index contributed by atoms with van der Waals surface area (Å²) in [5, 5.41) is 7.63. The fourth-order valence-electron chi connectivity index (χ4n) is 3.85. The maximum atomic E-state index is 12.8. The third kappa shape index (κ3) is 6.21. The first-order valence-corrected chi connectivity index (χ1v) is 10.8. The summed E-state index contributed by atoms with van der Waals surface area (Å²) < 4.78 is 39.4. The molecule has 1 aliphatic rings. The molecule has 0 atom stereocenters. The number of rotatable bonds is 6. The predicted octanol–water partition coefficient (Wildman–Crippen LogP) is 3.97. The molecule has 9 heteroatoms. The van der Waals surface area contributed by atoms with Crippen LogP contribution in [-0.4, -0.2) is 70.9 Å². The van der Waals surface area contributed by atoms with Crippen LogP contribution in [0.3, 0.4) is 0 Å². The van der Waals surface area contributed by atoms with E-state index in [-0.39, 0.29) is 25.5 Å². The molecule has 1 aromatic heterocycles. The summed E-state index contributed by atoms with van der Waals surface area (Å²) >= 11 is 0. The van der Waals surface area contributed by atoms with E-state index in [1.165, 1.54) is 4.90 Å². The van der Waals surface area contributed by atoms with Gasteiger partial charge in [-0.2, -0.15) is 18.3 Å². The van der Waals surface area contributed by atoms with Crippen molar-refractivity contribution in [2.24, 2.45) is 0 Å². The number of aryl methyl sites for hydroxylation is 1. The Bertz CT molecular complexity index is 1070. The molecule has 0 aliphatic carbocycles. The van der Waals surface area contributed by atoms with Crippen LogP contribution in [0, 0.1) is 6.92 Å². The van der Waals surface area contributed by atoms with E-state index in [1.807, 2.05) is 72.5 Å². The van der Waals surface area contributed by atoms with Crippen molar-refractivity contribution >= 4 is 11.7 Å². The first-order valence-electron chi connectivity index (χ1n) is 10.8. The molecular weight excluding hydrogens is 431 g/mol. The summed E-state index contributed by atoms with van der Waals surface area (Å²) in [6.45, 7) is 2.61. The van der Waals surface area contributed by atoms with Crippen LogP contribution in [-0.2, 0) is 4.79 Å². The molecule has 1 N–H and O–H groups in total. The zero-order valence-electron chi connectivity index (χ0n) is 18.3. The number of nitrogens with zero attached hydrogens (tertiary/aromatic N) is 4. The number of anilines is 1. The average molecular weight is 458 g/mol. The van der Waals surface area contributed by atoms with Crippen LogP contribution in [0.1, 0.15) is 5.56 Å². The van der Waals surface area contributed by atoms with E-state index < -0.39 is 12.7 Å². The van der Waals surface area contributed by atoms with Gasteiger partial charge in [-0.3, -0.25) is 14.6 Å². The standard InChI is InChI=1S/C24H26F3N5O/c1-18-7-9-19(10-8-18)21-15-22(32(29-21)20-5-3-2-4-6-20)28-23(33)16-30-11-13-31(14-12-30)17-24(25,26)27/h2-10,15H,11-14,16-17H2,1H3,(H,28,33). The van der Waals surface area contributed by atoms with E-state index in [2.05, 4.69) is 5.32 Å². The topological polar surface area (TPSA) is 53.4 Å². The number of alkyl halides is 3. The highest BCUT2D eigenvalue weighted by Gasteiger charge is 2.32. The molecule has 174 valence electrons. The van der Waals surface area contributed by atoms with Crippen LogP contribution in [0.15, 0.2) is 60.7 Å². The van der Waals surface area contributed by atoms with Gasteiger partial charge in [-0.05, 0) is 19.1 Å². The van der Waals surface area contributed by atoms with Crippen LogP contribution in [0.4, 0.5) is 19.0 Å². The third-order valence-corrected chi connectivity index (χ3v) is 5.56. The Morgan fingerprint density at radius 3 is 2.24 bits per heavy atom. The number of piperazine rings is 1. The molecule has 4 rings (SSSR count). The van der Waals surface area contributed by atoms with Crippen LogP contribution < -0.4 is 5.32 Å². The monoisotopic (exact) mass is 457 g/mol. The second-order valence-corrected chi connectivity index (χ2v) is 8.24. The lowest BCUT2D eigenvalue weighted by Gasteiger charge is -2.34. The highest BCUT2D eigenvalue weighted by Crippen LogP contribution is 2.25. The molecule has 33 heavy (non-hydrogen) atoms. The number of hydrogen-bond acceptors (Lipinski definition) is 4. The number of hydrogen-bond donors (Lipinski definition) is 1. The zero-order valence-corrected chi connectivity index (χ0v) is 18.3. The Hall–Kier alpha value is -3.17. The molecule has 6 nitrogen and oxygen atoms in total. The highest BCUT2D eigenvalue weighted by atomic mass is 19.4. The number of carbonyl (C=O) groups is 1. The molecular formula is C24H26F3N5O. The summed E-state index contributed by atoms with van der Waals surface area (Å²) in [5.41, 5.74) is 3.62. The SMILES string of the molecule is Cc1ccc(-c2cc(NC(=O)CN3CCN(CC(F)(F)F)CC3)n(-c3ccccc3)n2)cc1. The number of aromatic nitrogens is 2. The Balaban J connectivity index is 1.45. The van der Waals surface area contributed by atoms with Crippen molar-refractivity contribution in [1.82, 2.24) is 19.6 Å². The second-order valence-electron chi connectivity index (χ2n) is 8.24. The van der Waals surface area contributed by atoms with Gasteiger partial charge in [0.25, 0.3) is 0 Å². The van der Waals surface area contributed by atoms with E-state index in [0.717, 1.165) is 22.5 Å². The van der Waals surface area contributed by atoms with Gasteiger partial charge in [-0.25, -0.2) is 4.68 Å². The van der Waals surface area contributed by atoms with E-state index >= 15 is 0 Å². The quantitative estimate of drug-likeness (QED) is 0.609.